The summed E-state index contributed by atoms with van der Waals surface area (Å²) in [6.07, 6.45) is 28.3. The molecule has 0 spiro atoms. The monoisotopic (exact) mass is 478 g/mol. The average molecular weight is 479 g/mol. The number of ketones is 1. The molecule has 5 aliphatic rings. The summed E-state index contributed by atoms with van der Waals surface area (Å²) in [5, 5.41) is 0. The number of fused-ring (bicyclic) bond motifs is 5. The van der Waals surface area contributed by atoms with Gasteiger partial charge in [-0.25, -0.2) is 4.79 Å². The van der Waals surface area contributed by atoms with E-state index in [4.69, 9.17) is 9.47 Å². The maximum atomic E-state index is 12.6. The fourth-order valence-corrected chi connectivity index (χ4v) is 7.30. The summed E-state index contributed by atoms with van der Waals surface area (Å²) >= 11 is 0. The molecule has 2 saturated carbocycles. The fraction of sp³-hybridized carbons (Fsp3) is 0.613. The van der Waals surface area contributed by atoms with Gasteiger partial charge in [-0.2, -0.15) is 0 Å². The number of hydrogen-bond acceptors (Lipinski definition) is 4. The van der Waals surface area contributed by atoms with Gasteiger partial charge in [-0.05, 0) is 93.3 Å². The second-order valence-corrected chi connectivity index (χ2v) is 10.0. The number of carbonyl (C=O) groups excluding carboxylic acids is 2. The number of ether oxygens (including phenoxy) is 2. The van der Waals surface area contributed by atoms with Crippen molar-refractivity contribution >= 4 is 11.8 Å². The Morgan fingerprint density at radius 2 is 1.91 bits per heavy atom. The first-order chi connectivity index (χ1) is 17.1. The largest absolute Gasteiger partial charge is 0.486 e. The third-order valence-electron chi connectivity index (χ3n) is 8.76. The van der Waals surface area contributed by atoms with Gasteiger partial charge in [-0.15, -0.1) is 12.8 Å². The summed E-state index contributed by atoms with van der Waals surface area (Å²) in [4.78, 5) is 24.5. The van der Waals surface area contributed by atoms with Crippen molar-refractivity contribution in [2.24, 2.45) is 29.1 Å². The average Bonchev–Trinajstić information content (AvgIpc) is 3.28. The zero-order chi connectivity index (χ0) is 25.4. The second-order valence-electron chi connectivity index (χ2n) is 10.0. The molecule has 0 N–H and O–H groups in total. The fourth-order valence-electron chi connectivity index (χ4n) is 7.30. The van der Waals surface area contributed by atoms with Crippen molar-refractivity contribution in [3.8, 4) is 12.8 Å². The van der Waals surface area contributed by atoms with Crippen LogP contribution >= 0.6 is 0 Å². The van der Waals surface area contributed by atoms with Crippen molar-refractivity contribution in [2.75, 3.05) is 6.61 Å². The topological polar surface area (TPSA) is 52.6 Å². The van der Waals surface area contributed by atoms with E-state index in [0.29, 0.717) is 35.9 Å². The Kier molecular flexibility index (Phi) is 9.61. The van der Waals surface area contributed by atoms with Crippen molar-refractivity contribution in [3.05, 3.63) is 47.5 Å². The van der Waals surface area contributed by atoms with Crippen molar-refractivity contribution in [3.63, 3.8) is 0 Å². The van der Waals surface area contributed by atoms with Crippen LogP contribution in [0.5, 0.6) is 0 Å². The highest BCUT2D eigenvalue weighted by Crippen LogP contribution is 2.63. The molecule has 35 heavy (non-hydrogen) atoms. The van der Waals surface area contributed by atoms with E-state index in [1.807, 2.05) is 32.1 Å². The minimum atomic E-state index is -0.281. The van der Waals surface area contributed by atoms with Crippen LogP contribution in [0, 0.1) is 41.9 Å². The summed E-state index contributed by atoms with van der Waals surface area (Å²) < 4.78 is 11.6. The lowest BCUT2D eigenvalue weighted by Gasteiger charge is -2.54. The molecule has 5 atom stereocenters. The van der Waals surface area contributed by atoms with Gasteiger partial charge in [0.05, 0.1) is 5.76 Å². The Balaban J connectivity index is 0.000000815. The van der Waals surface area contributed by atoms with Gasteiger partial charge in [-0.3, -0.25) is 4.79 Å². The van der Waals surface area contributed by atoms with E-state index in [2.05, 4.69) is 31.9 Å². The zero-order valence-corrected chi connectivity index (χ0v) is 21.8. The molecule has 0 aliphatic heterocycles. The van der Waals surface area contributed by atoms with Crippen LogP contribution in [0.4, 0.5) is 0 Å². The Labute approximate surface area is 211 Å². The summed E-state index contributed by atoms with van der Waals surface area (Å²) in [5.41, 5.74) is 1.41. The Bertz CT molecular complexity index is 918. The van der Waals surface area contributed by atoms with Gasteiger partial charge in [-0.1, -0.05) is 38.5 Å². The van der Waals surface area contributed by atoms with Gasteiger partial charge >= 0.3 is 5.97 Å². The molecule has 0 radical (unpaired) electrons. The number of allylic oxidation sites excluding steroid dienone is 8. The Morgan fingerprint density at radius 1 is 1.11 bits per heavy atom. The molecular weight excluding hydrogens is 436 g/mol. The highest BCUT2D eigenvalue weighted by atomic mass is 16.6. The van der Waals surface area contributed by atoms with E-state index < -0.39 is 0 Å². The molecule has 0 aromatic heterocycles. The molecule has 5 rings (SSSR count). The number of terminal acetylenes is 1. The van der Waals surface area contributed by atoms with Gasteiger partial charge in [0.2, 0.25) is 0 Å². The first kappa shape index (κ1) is 27.1. The maximum absolute atomic E-state index is 12.6. The number of hydrogen-bond donors (Lipinski definition) is 0. The smallest absolute Gasteiger partial charge is 0.349 e. The maximum Gasteiger partial charge on any atom is 0.349 e. The molecule has 4 heteroatoms. The lowest BCUT2D eigenvalue weighted by atomic mass is 9.51. The molecule has 0 aromatic rings. The third kappa shape index (κ3) is 5.50. The van der Waals surface area contributed by atoms with Crippen LogP contribution in [0.15, 0.2) is 47.5 Å². The van der Waals surface area contributed by atoms with Gasteiger partial charge in [0.25, 0.3) is 0 Å². The van der Waals surface area contributed by atoms with Crippen LogP contribution in [0.2, 0.25) is 0 Å². The van der Waals surface area contributed by atoms with Gasteiger partial charge in [0.15, 0.2) is 12.4 Å². The van der Waals surface area contributed by atoms with Crippen molar-refractivity contribution in [2.45, 2.75) is 85.0 Å². The normalized spacial score (nSPS) is 32.5. The highest BCUT2D eigenvalue weighted by Gasteiger charge is 2.56. The van der Waals surface area contributed by atoms with Crippen molar-refractivity contribution in [1.82, 2.24) is 0 Å². The van der Waals surface area contributed by atoms with Crippen LogP contribution < -0.4 is 0 Å². The van der Waals surface area contributed by atoms with E-state index in [1.165, 1.54) is 18.4 Å². The molecule has 4 nitrogen and oxygen atoms in total. The van der Waals surface area contributed by atoms with Crippen molar-refractivity contribution < 1.29 is 19.1 Å². The number of carbonyl (C=O) groups is 2. The molecule has 0 bridgehead atoms. The van der Waals surface area contributed by atoms with E-state index in [1.54, 1.807) is 0 Å². The zero-order valence-electron chi connectivity index (χ0n) is 21.8. The molecule has 0 heterocycles. The molecule has 0 amide bonds. The summed E-state index contributed by atoms with van der Waals surface area (Å²) in [5.74, 6) is 4.33. The molecule has 5 unspecified atom stereocenters. The predicted octanol–water partition coefficient (Wildman–Crippen LogP) is 7.08. The number of esters is 1. The standard InChI is InChI=1S/C27H34O4.C2H6.C2H2/c1-2-27-15-14-22-21-11-9-19(28)16-18(21)8-10-23(22)24(27)12-13-25(27)31-26(29)17-30-20-6-4-3-5-7-20;2*1-2/h3-4,6,13,16,21-24H,2,5,7-12,14-15,17H2,1H3;1-2H3;1-2H. The van der Waals surface area contributed by atoms with Crippen LogP contribution in [0.1, 0.15) is 85.0 Å². The van der Waals surface area contributed by atoms with Crippen LogP contribution in [0.25, 0.3) is 0 Å². The Hall–Kier alpha value is -2.54. The third-order valence-corrected chi connectivity index (χ3v) is 8.76. The molecule has 2 fully saturated rings. The Morgan fingerprint density at radius 3 is 2.63 bits per heavy atom. The summed E-state index contributed by atoms with van der Waals surface area (Å²) in [7, 11) is 0. The predicted molar refractivity (Wildman–Crippen MR) is 140 cm³/mol. The quantitative estimate of drug-likeness (QED) is 0.313. The van der Waals surface area contributed by atoms with E-state index in [9.17, 15) is 9.59 Å². The molecule has 0 aromatic carbocycles. The molecule has 190 valence electrons. The summed E-state index contributed by atoms with van der Waals surface area (Å²) in [6, 6.07) is 0. The van der Waals surface area contributed by atoms with Crippen LogP contribution in [0.3, 0.4) is 0 Å². The van der Waals surface area contributed by atoms with Gasteiger partial charge in [0.1, 0.15) is 5.76 Å². The SMILES string of the molecule is C#C.CC.CCC12CCC3C4CCC(=O)C=C4CCC3C1CC=C2OC(=O)COC1=CC=CCC1. The molecule has 0 saturated heterocycles. The lowest BCUT2D eigenvalue weighted by Crippen LogP contribution is -2.47. The summed E-state index contributed by atoms with van der Waals surface area (Å²) in [6.45, 7) is 6.24. The minimum Gasteiger partial charge on any atom is -0.486 e. The molecular formula is C31H42O4. The van der Waals surface area contributed by atoms with Crippen molar-refractivity contribution in [1.29, 1.82) is 0 Å². The van der Waals surface area contributed by atoms with Crippen LogP contribution in [-0.4, -0.2) is 18.4 Å². The second kappa shape index (κ2) is 12.4. The molecule has 5 aliphatic carbocycles. The lowest BCUT2D eigenvalue weighted by molar-refractivity contribution is -0.147. The first-order valence-electron chi connectivity index (χ1n) is 13.6. The van der Waals surface area contributed by atoms with Crippen LogP contribution in [-0.2, 0) is 19.1 Å². The van der Waals surface area contributed by atoms with E-state index in [-0.39, 0.29) is 18.0 Å². The number of rotatable bonds is 5. The first-order valence-corrected chi connectivity index (χ1v) is 13.6. The van der Waals surface area contributed by atoms with E-state index >= 15 is 0 Å². The highest BCUT2D eigenvalue weighted by molar-refractivity contribution is 5.91. The van der Waals surface area contributed by atoms with Gasteiger partial charge in [0, 0.05) is 18.3 Å². The van der Waals surface area contributed by atoms with E-state index in [0.717, 1.165) is 56.5 Å². The minimum absolute atomic E-state index is 0.00459. The van der Waals surface area contributed by atoms with Gasteiger partial charge < -0.3 is 9.47 Å².